The van der Waals surface area contributed by atoms with Gasteiger partial charge in [0, 0.05) is 12.1 Å². The molecule has 11 heteroatoms. The number of nitrogens with zero attached hydrogens (tertiary/aromatic N) is 2. The van der Waals surface area contributed by atoms with Crippen LogP contribution < -0.4 is 17.2 Å². The summed E-state index contributed by atoms with van der Waals surface area (Å²) < 4.78 is 0. The van der Waals surface area contributed by atoms with E-state index in [2.05, 4.69) is 0 Å². The molecule has 0 saturated carbocycles. The van der Waals surface area contributed by atoms with E-state index in [0.29, 0.717) is 13.0 Å². The summed E-state index contributed by atoms with van der Waals surface area (Å²) in [6.45, 7) is 0.241. The van der Waals surface area contributed by atoms with Crippen LogP contribution >= 0.6 is 0 Å². The molecule has 0 bridgehead atoms. The average molecular weight is 433 g/mol. The van der Waals surface area contributed by atoms with Crippen molar-refractivity contribution < 1.29 is 29.1 Å². The molecule has 0 aromatic heterocycles. The van der Waals surface area contributed by atoms with Gasteiger partial charge in [0.15, 0.2) is 5.78 Å². The zero-order chi connectivity index (χ0) is 23.3. The number of carboxylic acids is 1. The molecule has 0 radical (unpaired) electrons. The van der Waals surface area contributed by atoms with Gasteiger partial charge in [-0.05, 0) is 37.1 Å². The molecule has 2 atom stereocenters. The van der Waals surface area contributed by atoms with Crippen LogP contribution in [-0.4, -0.2) is 82.1 Å². The van der Waals surface area contributed by atoms with Gasteiger partial charge in [-0.15, -0.1) is 0 Å². The lowest BCUT2D eigenvalue weighted by Gasteiger charge is -2.50. The lowest BCUT2D eigenvalue weighted by molar-refractivity contribution is -0.165. The summed E-state index contributed by atoms with van der Waals surface area (Å²) in [6, 6.07) is 5.05. The van der Waals surface area contributed by atoms with E-state index in [1.807, 2.05) is 0 Å². The molecule has 1 aliphatic rings. The Bertz CT molecular complexity index is 887. The molecule has 1 fully saturated rings. The van der Waals surface area contributed by atoms with E-state index in [-0.39, 0.29) is 12.0 Å². The van der Waals surface area contributed by atoms with Gasteiger partial charge < -0.3 is 32.1 Å². The molecule has 31 heavy (non-hydrogen) atoms. The molecule has 0 aliphatic carbocycles. The maximum Gasteiger partial charge on any atom is 0.323 e. The number of hydrogen-bond donors (Lipinski definition) is 4. The van der Waals surface area contributed by atoms with Gasteiger partial charge >= 0.3 is 5.97 Å². The molecule has 7 N–H and O–H groups in total. The summed E-state index contributed by atoms with van der Waals surface area (Å²) in [5, 5.41) is 9.16. The van der Waals surface area contributed by atoms with Crippen molar-refractivity contribution in [2.45, 2.75) is 31.3 Å². The molecule has 1 saturated heterocycles. The number of benzene rings is 1. The van der Waals surface area contributed by atoms with Crippen molar-refractivity contribution in [3.8, 4) is 0 Å². The Morgan fingerprint density at radius 2 is 1.77 bits per heavy atom. The van der Waals surface area contributed by atoms with Crippen molar-refractivity contribution in [2.24, 2.45) is 17.2 Å². The number of Topliss-reactive ketones (excluding diaryl/α,β-unsaturated/α-hetero) is 1. The van der Waals surface area contributed by atoms with Gasteiger partial charge in [-0.25, -0.2) is 0 Å². The van der Waals surface area contributed by atoms with Crippen molar-refractivity contribution in [3.63, 3.8) is 0 Å². The third-order valence-corrected chi connectivity index (χ3v) is 5.43. The molecule has 2 rings (SSSR count). The number of carboxylic acid groups (broad SMARTS) is 1. The molecule has 1 unspecified atom stereocenters. The number of hydrogen-bond acceptors (Lipinski definition) is 7. The van der Waals surface area contributed by atoms with Crippen LogP contribution in [0.4, 0.5) is 0 Å². The summed E-state index contributed by atoms with van der Waals surface area (Å²) in [6.07, 6.45) is 0.345. The minimum atomic E-state index is -2.23. The Labute approximate surface area is 179 Å². The third kappa shape index (κ3) is 4.42. The zero-order valence-electron chi connectivity index (χ0n) is 17.2. The van der Waals surface area contributed by atoms with Crippen molar-refractivity contribution in [3.05, 3.63) is 35.4 Å². The van der Waals surface area contributed by atoms with Gasteiger partial charge in [-0.2, -0.15) is 0 Å². The number of carbonyl (C=O) groups is 5. The minimum Gasteiger partial charge on any atom is -0.480 e. The normalized spacial score (nSPS) is 21.1. The molecule has 1 heterocycles. The Morgan fingerprint density at radius 3 is 2.23 bits per heavy atom. The minimum absolute atomic E-state index is 0.133. The second-order valence-electron chi connectivity index (χ2n) is 7.25. The topological polar surface area (TPSA) is 190 Å². The van der Waals surface area contributed by atoms with E-state index in [0.717, 1.165) is 15.4 Å². The molecule has 168 valence electrons. The second-order valence-corrected chi connectivity index (χ2v) is 7.25. The number of ketones is 1. The van der Waals surface area contributed by atoms with Crippen LogP contribution in [0.25, 0.3) is 0 Å². The van der Waals surface area contributed by atoms with Gasteiger partial charge in [-0.3, -0.25) is 24.0 Å². The fourth-order valence-corrected chi connectivity index (χ4v) is 3.84. The predicted molar refractivity (Wildman–Crippen MR) is 110 cm³/mol. The average Bonchev–Trinajstić information content (AvgIpc) is 2.74. The highest BCUT2D eigenvalue weighted by Crippen LogP contribution is 2.32. The maximum absolute atomic E-state index is 13.5. The van der Waals surface area contributed by atoms with E-state index in [1.54, 1.807) is 12.1 Å². The van der Waals surface area contributed by atoms with E-state index in [1.165, 1.54) is 19.1 Å². The first-order valence-corrected chi connectivity index (χ1v) is 9.80. The van der Waals surface area contributed by atoms with Crippen LogP contribution in [0.2, 0.25) is 0 Å². The lowest BCUT2D eigenvalue weighted by Crippen LogP contribution is -2.77. The van der Waals surface area contributed by atoms with Crippen LogP contribution in [0.15, 0.2) is 24.3 Å². The van der Waals surface area contributed by atoms with Gasteiger partial charge in [0.2, 0.25) is 5.54 Å². The van der Waals surface area contributed by atoms with Crippen molar-refractivity contribution in [2.75, 3.05) is 26.2 Å². The number of piperazine rings is 1. The SMILES string of the molecule is CC[C@]1(C(N)=O)C(=O)N(CC(=O)O)CC(C(=O)CN)N1C(=O)c1ccc(CCN)cc1. The number of primary amides is 1. The van der Waals surface area contributed by atoms with E-state index in [4.69, 9.17) is 22.3 Å². The molecular formula is C20H27N5O6. The van der Waals surface area contributed by atoms with Crippen LogP contribution in [0.5, 0.6) is 0 Å². The van der Waals surface area contributed by atoms with Crippen LogP contribution in [0.1, 0.15) is 29.3 Å². The first kappa shape index (κ1) is 24.0. The quantitative estimate of drug-likeness (QED) is 0.324. The largest absolute Gasteiger partial charge is 0.480 e. The van der Waals surface area contributed by atoms with Gasteiger partial charge in [0.25, 0.3) is 17.7 Å². The standard InChI is InChI=1S/C20H27N5O6/c1-2-20(18(23)30)19(31)24(11-16(27)28)10-14(15(26)9-22)25(20)17(29)13-5-3-12(4-6-13)7-8-21/h3-6,14H,2,7-11,21-22H2,1H3,(H2,23,30)(H,27,28)/t14?,20-/m0/s1. The highest BCUT2D eigenvalue weighted by atomic mass is 16.4. The zero-order valence-corrected chi connectivity index (χ0v) is 17.2. The van der Waals surface area contributed by atoms with Crippen molar-refractivity contribution in [1.29, 1.82) is 0 Å². The Balaban J connectivity index is 2.63. The van der Waals surface area contributed by atoms with E-state index >= 15 is 0 Å². The van der Waals surface area contributed by atoms with E-state index in [9.17, 15) is 24.0 Å². The first-order chi connectivity index (χ1) is 14.6. The molecular weight excluding hydrogens is 406 g/mol. The van der Waals surface area contributed by atoms with E-state index < -0.39 is 60.7 Å². The summed E-state index contributed by atoms with van der Waals surface area (Å²) in [4.78, 5) is 64.9. The Morgan fingerprint density at radius 1 is 1.16 bits per heavy atom. The van der Waals surface area contributed by atoms with Gasteiger partial charge in [0.05, 0.1) is 6.54 Å². The number of nitrogens with two attached hydrogens (primary N) is 3. The fourth-order valence-electron chi connectivity index (χ4n) is 3.84. The molecule has 0 spiro atoms. The van der Waals surface area contributed by atoms with Crippen LogP contribution in [-0.2, 0) is 25.6 Å². The lowest BCUT2D eigenvalue weighted by atomic mass is 9.84. The van der Waals surface area contributed by atoms with Gasteiger partial charge in [0.1, 0.15) is 12.6 Å². The summed E-state index contributed by atoms with van der Waals surface area (Å²) >= 11 is 0. The molecule has 11 nitrogen and oxygen atoms in total. The monoisotopic (exact) mass is 433 g/mol. The molecule has 1 aromatic rings. The Hall–Kier alpha value is -3.31. The fraction of sp³-hybridized carbons (Fsp3) is 0.450. The first-order valence-electron chi connectivity index (χ1n) is 9.80. The highest BCUT2D eigenvalue weighted by Gasteiger charge is 2.59. The molecule has 1 aromatic carbocycles. The maximum atomic E-state index is 13.5. The summed E-state index contributed by atoms with van der Waals surface area (Å²) in [5.74, 6) is -4.82. The van der Waals surface area contributed by atoms with Gasteiger partial charge in [-0.1, -0.05) is 19.1 Å². The number of rotatable bonds is 9. The number of carbonyl (C=O) groups excluding carboxylic acids is 4. The van der Waals surface area contributed by atoms with Crippen molar-refractivity contribution >= 4 is 29.5 Å². The third-order valence-electron chi connectivity index (χ3n) is 5.43. The van der Waals surface area contributed by atoms with Crippen molar-refractivity contribution in [1.82, 2.24) is 9.80 Å². The molecule has 3 amide bonds. The number of amides is 3. The summed E-state index contributed by atoms with van der Waals surface area (Å²) in [7, 11) is 0. The van der Waals surface area contributed by atoms with Crippen LogP contribution in [0.3, 0.4) is 0 Å². The Kier molecular flexibility index (Phi) is 7.47. The summed E-state index contributed by atoms with van der Waals surface area (Å²) in [5.41, 5.74) is 15.4. The highest BCUT2D eigenvalue weighted by molar-refractivity contribution is 6.15. The molecule has 1 aliphatic heterocycles. The predicted octanol–water partition coefficient (Wildman–Crippen LogP) is -1.91. The smallest absolute Gasteiger partial charge is 0.323 e. The second kappa shape index (κ2) is 9.67. The number of aliphatic carboxylic acids is 1. The van der Waals surface area contributed by atoms with Crippen LogP contribution in [0, 0.1) is 0 Å².